The molecule has 3 heterocycles. The predicted molar refractivity (Wildman–Crippen MR) is 84.6 cm³/mol. The van der Waals surface area contributed by atoms with Crippen molar-refractivity contribution in [2.75, 3.05) is 0 Å². The van der Waals surface area contributed by atoms with Crippen LogP contribution in [0.4, 0.5) is 0 Å². The summed E-state index contributed by atoms with van der Waals surface area (Å²) in [6.45, 7) is 0. The molecule has 4 rings (SSSR count). The number of nitrogens with zero attached hydrogens (tertiary/aromatic N) is 4. The molecule has 5 nitrogen and oxygen atoms in total. The minimum atomic E-state index is 0.646. The number of rotatable bonds is 2. The number of hydrogen-bond acceptors (Lipinski definition) is 4. The van der Waals surface area contributed by atoms with E-state index < -0.39 is 0 Å². The zero-order valence-corrected chi connectivity index (χ0v) is 11.6. The predicted octanol–water partition coefficient (Wildman–Crippen LogP) is 3.33. The highest BCUT2D eigenvalue weighted by atomic mass is 16.5. The van der Waals surface area contributed by atoms with Gasteiger partial charge in [0.25, 0.3) is 0 Å². The van der Waals surface area contributed by atoms with Gasteiger partial charge in [-0.2, -0.15) is 0 Å². The molecule has 0 bridgehead atoms. The van der Waals surface area contributed by atoms with E-state index in [9.17, 15) is 0 Å². The number of aromatic nitrogens is 4. The van der Waals surface area contributed by atoms with E-state index in [-0.39, 0.29) is 0 Å². The molecule has 0 spiro atoms. The second kappa shape index (κ2) is 5.29. The summed E-state index contributed by atoms with van der Waals surface area (Å²) in [5.41, 5.74) is 1.97. The van der Waals surface area contributed by atoms with Crippen molar-refractivity contribution in [2.24, 2.45) is 0 Å². The van der Waals surface area contributed by atoms with E-state index in [0.29, 0.717) is 5.82 Å². The van der Waals surface area contributed by atoms with Crippen molar-refractivity contribution >= 4 is 18.4 Å². The molecule has 1 aromatic carbocycles. The van der Waals surface area contributed by atoms with E-state index >= 15 is 0 Å². The highest BCUT2D eigenvalue weighted by molar-refractivity contribution is 5.71. The van der Waals surface area contributed by atoms with Gasteiger partial charge in [-0.15, -0.1) is 5.10 Å². The Hall–Kier alpha value is -3.21. The molecule has 106 valence electrons. The lowest BCUT2D eigenvalue weighted by molar-refractivity contribution is 0.487. The van der Waals surface area contributed by atoms with E-state index in [1.807, 2.05) is 48.6 Å². The minimum Gasteiger partial charge on any atom is -0.463 e. The van der Waals surface area contributed by atoms with Crippen LogP contribution in [-0.2, 0) is 0 Å². The van der Waals surface area contributed by atoms with Crippen LogP contribution in [0.15, 0.2) is 55.1 Å². The molecule has 0 N–H and O–H groups in total. The van der Waals surface area contributed by atoms with Crippen LogP contribution in [0.25, 0.3) is 29.7 Å². The van der Waals surface area contributed by atoms with Crippen LogP contribution in [-0.4, -0.2) is 19.7 Å². The van der Waals surface area contributed by atoms with Crippen LogP contribution >= 0.6 is 0 Å². The van der Waals surface area contributed by atoms with Gasteiger partial charge in [0, 0.05) is 12.4 Å². The molecule has 0 fully saturated rings. The molecule has 3 aromatic rings. The summed E-state index contributed by atoms with van der Waals surface area (Å²) in [6, 6.07) is 11.6. The lowest BCUT2D eigenvalue weighted by atomic mass is 10.2. The Morgan fingerprint density at radius 2 is 1.86 bits per heavy atom. The summed E-state index contributed by atoms with van der Waals surface area (Å²) in [5.74, 6) is 2.18. The third kappa shape index (κ3) is 2.29. The normalized spacial score (nSPS) is 12.5. The average Bonchev–Trinajstić information content (AvgIpc) is 2.90. The van der Waals surface area contributed by atoms with E-state index in [0.717, 1.165) is 22.7 Å². The largest absolute Gasteiger partial charge is 0.463 e. The maximum Gasteiger partial charge on any atom is 0.175 e. The van der Waals surface area contributed by atoms with Gasteiger partial charge in [-0.3, -0.25) is 4.98 Å². The first kappa shape index (κ1) is 12.5. The van der Waals surface area contributed by atoms with Crippen LogP contribution in [0, 0.1) is 0 Å². The van der Waals surface area contributed by atoms with Gasteiger partial charge in [-0.05, 0) is 35.9 Å². The molecule has 0 amide bonds. The molecule has 0 aliphatic carbocycles. The average molecular weight is 288 g/mol. The standard InChI is InChI=1S/C17H12N4O/c1-2-4-15-14(3-1)17-19-16(20-21(17)11-12-22-15)6-5-13-7-9-18-10-8-13/h1-12H/b6-5+. The van der Waals surface area contributed by atoms with Crippen molar-refractivity contribution in [3.63, 3.8) is 0 Å². The Kier molecular flexibility index (Phi) is 3.01. The van der Waals surface area contributed by atoms with Crippen LogP contribution in [0.1, 0.15) is 11.4 Å². The van der Waals surface area contributed by atoms with Gasteiger partial charge in [0.1, 0.15) is 12.0 Å². The SMILES string of the molecule is C1=Cn2nc(/C=C/c3ccncc3)nc2-c2ccccc2O1. The fraction of sp³-hybridized carbons (Fsp3) is 0. The Bertz CT molecular complexity index is 865. The molecule has 1 aliphatic rings. The number of hydrogen-bond donors (Lipinski definition) is 0. The van der Waals surface area contributed by atoms with Gasteiger partial charge < -0.3 is 4.74 Å². The van der Waals surface area contributed by atoms with Crippen LogP contribution in [0.5, 0.6) is 5.75 Å². The van der Waals surface area contributed by atoms with Crippen LogP contribution in [0.3, 0.4) is 0 Å². The summed E-state index contributed by atoms with van der Waals surface area (Å²) in [7, 11) is 0. The van der Waals surface area contributed by atoms with Gasteiger partial charge in [0.2, 0.25) is 0 Å². The molecule has 2 aromatic heterocycles. The zero-order chi connectivity index (χ0) is 14.8. The second-order valence-corrected chi connectivity index (χ2v) is 4.75. The van der Waals surface area contributed by atoms with E-state index in [4.69, 9.17) is 4.74 Å². The van der Waals surface area contributed by atoms with Crippen molar-refractivity contribution in [1.29, 1.82) is 0 Å². The first-order valence-corrected chi connectivity index (χ1v) is 6.87. The van der Waals surface area contributed by atoms with Crippen molar-refractivity contribution in [3.05, 3.63) is 66.4 Å². The quantitative estimate of drug-likeness (QED) is 0.725. The number of pyridine rings is 1. The zero-order valence-electron chi connectivity index (χ0n) is 11.6. The van der Waals surface area contributed by atoms with Crippen molar-refractivity contribution in [2.45, 2.75) is 0 Å². The molecular weight excluding hydrogens is 276 g/mol. The van der Waals surface area contributed by atoms with Crippen molar-refractivity contribution < 1.29 is 4.74 Å². The monoisotopic (exact) mass is 288 g/mol. The molecule has 22 heavy (non-hydrogen) atoms. The summed E-state index contributed by atoms with van der Waals surface area (Å²) in [6.07, 6.45) is 10.7. The summed E-state index contributed by atoms with van der Waals surface area (Å²) in [5, 5.41) is 4.46. The van der Waals surface area contributed by atoms with Gasteiger partial charge in [-0.25, -0.2) is 9.67 Å². The Labute approximate surface area is 127 Å². The first-order chi connectivity index (χ1) is 10.9. The van der Waals surface area contributed by atoms with Gasteiger partial charge in [-0.1, -0.05) is 18.2 Å². The maximum atomic E-state index is 5.55. The minimum absolute atomic E-state index is 0.646. The molecule has 0 radical (unpaired) electrons. The van der Waals surface area contributed by atoms with Crippen LogP contribution < -0.4 is 4.74 Å². The molecule has 5 heteroatoms. The number of fused-ring (bicyclic) bond motifs is 3. The highest BCUT2D eigenvalue weighted by Gasteiger charge is 2.15. The first-order valence-electron chi connectivity index (χ1n) is 6.87. The molecule has 0 unspecified atom stereocenters. The van der Waals surface area contributed by atoms with E-state index in [1.165, 1.54) is 0 Å². The molecule has 0 saturated carbocycles. The molecule has 0 atom stereocenters. The maximum absolute atomic E-state index is 5.55. The fourth-order valence-electron chi connectivity index (χ4n) is 2.26. The smallest absolute Gasteiger partial charge is 0.175 e. The van der Waals surface area contributed by atoms with E-state index in [2.05, 4.69) is 15.1 Å². The van der Waals surface area contributed by atoms with Gasteiger partial charge >= 0.3 is 0 Å². The third-order valence-electron chi connectivity index (χ3n) is 3.30. The van der Waals surface area contributed by atoms with Crippen molar-refractivity contribution in [3.8, 4) is 17.1 Å². The fourth-order valence-corrected chi connectivity index (χ4v) is 2.26. The second-order valence-electron chi connectivity index (χ2n) is 4.75. The van der Waals surface area contributed by atoms with Crippen molar-refractivity contribution in [1.82, 2.24) is 19.7 Å². The Balaban J connectivity index is 1.73. The third-order valence-corrected chi connectivity index (χ3v) is 3.30. The Morgan fingerprint density at radius 3 is 2.77 bits per heavy atom. The van der Waals surface area contributed by atoms with Gasteiger partial charge in [0.15, 0.2) is 11.6 Å². The lowest BCUT2D eigenvalue weighted by Gasteiger charge is -2.02. The van der Waals surface area contributed by atoms with Crippen LogP contribution in [0.2, 0.25) is 0 Å². The highest BCUT2D eigenvalue weighted by Crippen LogP contribution is 2.30. The molecule has 1 aliphatic heterocycles. The van der Waals surface area contributed by atoms with Gasteiger partial charge in [0.05, 0.1) is 11.8 Å². The molecular formula is C17H12N4O. The number of para-hydroxylation sites is 1. The lowest BCUT2D eigenvalue weighted by Crippen LogP contribution is -1.91. The number of benzene rings is 1. The summed E-state index contributed by atoms with van der Waals surface area (Å²) in [4.78, 5) is 8.58. The topological polar surface area (TPSA) is 52.8 Å². The summed E-state index contributed by atoms with van der Waals surface area (Å²) < 4.78 is 7.27. The molecule has 0 saturated heterocycles. The number of ether oxygens (including phenoxy) is 1. The van der Waals surface area contributed by atoms with E-state index in [1.54, 1.807) is 29.5 Å². The Morgan fingerprint density at radius 1 is 1.00 bits per heavy atom. The summed E-state index contributed by atoms with van der Waals surface area (Å²) >= 11 is 0.